The van der Waals surface area contributed by atoms with Gasteiger partial charge in [0.2, 0.25) is 5.91 Å². The van der Waals surface area contributed by atoms with Crippen LogP contribution in [0.2, 0.25) is 0 Å². The fourth-order valence-electron chi connectivity index (χ4n) is 3.94. The number of amides is 3. The van der Waals surface area contributed by atoms with Crippen molar-refractivity contribution in [1.82, 2.24) is 15.1 Å². The number of benzene rings is 1. The number of guanidine groups is 1. The third-order valence-corrected chi connectivity index (χ3v) is 5.82. The number of hydrogen-bond acceptors (Lipinski definition) is 4. The maximum Gasteiger partial charge on any atom is 0.317 e. The minimum Gasteiger partial charge on any atom is -0.369 e. The fourth-order valence-corrected chi connectivity index (χ4v) is 3.94. The highest BCUT2D eigenvalue weighted by Crippen LogP contribution is 2.35. The Labute approximate surface area is 160 Å². The van der Waals surface area contributed by atoms with Gasteiger partial charge < -0.3 is 16.0 Å². The number of rotatable bonds is 3. The summed E-state index contributed by atoms with van der Waals surface area (Å²) in [5.74, 6) is 0.345. The van der Waals surface area contributed by atoms with Gasteiger partial charge in [0, 0.05) is 26.1 Å². The molecule has 0 saturated carbocycles. The van der Waals surface area contributed by atoms with Gasteiger partial charge in [-0.1, -0.05) is 30.3 Å². The van der Waals surface area contributed by atoms with E-state index >= 15 is 0 Å². The number of aliphatic imine (C=N–C) groups is 1. The van der Waals surface area contributed by atoms with Crippen molar-refractivity contribution < 1.29 is 9.59 Å². The molecule has 27 heavy (non-hydrogen) atoms. The van der Waals surface area contributed by atoms with Crippen LogP contribution in [0.1, 0.15) is 44.7 Å². The largest absolute Gasteiger partial charge is 0.369 e. The second-order valence-corrected chi connectivity index (χ2v) is 7.82. The number of piperidine rings is 1. The van der Waals surface area contributed by atoms with Crippen molar-refractivity contribution in [2.45, 2.75) is 44.7 Å². The lowest BCUT2D eigenvalue weighted by Crippen LogP contribution is -2.55. The van der Waals surface area contributed by atoms with Crippen LogP contribution in [0.15, 0.2) is 35.3 Å². The van der Waals surface area contributed by atoms with Crippen molar-refractivity contribution in [3.8, 4) is 0 Å². The zero-order valence-electron chi connectivity index (χ0n) is 16.3. The Kier molecular flexibility index (Phi) is 5.39. The van der Waals surface area contributed by atoms with Gasteiger partial charge >= 0.3 is 6.03 Å². The van der Waals surface area contributed by atoms with Crippen molar-refractivity contribution in [1.29, 1.82) is 0 Å². The van der Waals surface area contributed by atoms with Gasteiger partial charge in [0.15, 0.2) is 5.96 Å². The fraction of sp³-hybridized carbons (Fsp3) is 0.550. The molecule has 146 valence electrons. The number of nitrogens with zero attached hydrogens (tertiary/aromatic N) is 3. The maximum absolute atomic E-state index is 12.8. The van der Waals surface area contributed by atoms with E-state index < -0.39 is 5.54 Å². The molecule has 1 aromatic carbocycles. The first-order valence-corrected chi connectivity index (χ1v) is 9.52. The summed E-state index contributed by atoms with van der Waals surface area (Å²) >= 11 is 0. The summed E-state index contributed by atoms with van der Waals surface area (Å²) in [6.45, 7) is 5.25. The molecule has 2 aliphatic rings. The second-order valence-electron chi connectivity index (χ2n) is 7.82. The average Bonchev–Trinajstić information content (AvgIpc) is 2.67. The first-order valence-electron chi connectivity index (χ1n) is 9.52. The van der Waals surface area contributed by atoms with Crippen LogP contribution in [0.5, 0.6) is 0 Å². The van der Waals surface area contributed by atoms with Crippen LogP contribution >= 0.6 is 0 Å². The molecular formula is C20H29N5O2. The molecule has 1 fully saturated rings. The Morgan fingerprint density at radius 3 is 2.74 bits per heavy atom. The summed E-state index contributed by atoms with van der Waals surface area (Å²) < 4.78 is 0. The monoisotopic (exact) mass is 371 g/mol. The summed E-state index contributed by atoms with van der Waals surface area (Å²) in [6, 6.07) is 9.77. The predicted molar refractivity (Wildman–Crippen MR) is 105 cm³/mol. The van der Waals surface area contributed by atoms with Crippen LogP contribution in [-0.2, 0) is 4.79 Å². The van der Waals surface area contributed by atoms with Gasteiger partial charge in [-0.25, -0.2) is 9.79 Å². The van der Waals surface area contributed by atoms with E-state index in [9.17, 15) is 9.59 Å². The number of urea groups is 1. The minimum absolute atomic E-state index is 0.0238. The molecule has 0 radical (unpaired) electrons. The first-order chi connectivity index (χ1) is 12.8. The molecule has 1 saturated heterocycles. The molecular weight excluding hydrogens is 342 g/mol. The SMILES string of the molecule is CC(NC(=O)N1CCCC([C@]2(C)CC(=O)N(C)C(N)=N2)C1)c1ccccc1. The quantitative estimate of drug-likeness (QED) is 0.852. The molecule has 0 aromatic heterocycles. The molecule has 7 nitrogen and oxygen atoms in total. The van der Waals surface area contributed by atoms with Gasteiger partial charge in [-0.3, -0.25) is 9.69 Å². The molecule has 3 atom stereocenters. The van der Waals surface area contributed by atoms with Crippen molar-refractivity contribution in [3.63, 3.8) is 0 Å². The van der Waals surface area contributed by atoms with E-state index in [0.717, 1.165) is 18.4 Å². The van der Waals surface area contributed by atoms with Crippen molar-refractivity contribution in [3.05, 3.63) is 35.9 Å². The van der Waals surface area contributed by atoms with E-state index in [2.05, 4.69) is 10.3 Å². The molecule has 2 aliphatic heterocycles. The summed E-state index contributed by atoms with van der Waals surface area (Å²) in [5, 5.41) is 3.08. The molecule has 2 unspecified atom stereocenters. The van der Waals surface area contributed by atoms with Crippen LogP contribution in [0.25, 0.3) is 0 Å². The maximum atomic E-state index is 12.8. The first kappa shape index (κ1) is 19.2. The second kappa shape index (κ2) is 7.58. The summed E-state index contributed by atoms with van der Waals surface area (Å²) in [5.41, 5.74) is 6.45. The van der Waals surface area contributed by atoms with Gasteiger partial charge in [-0.15, -0.1) is 0 Å². The minimum atomic E-state index is -0.558. The van der Waals surface area contributed by atoms with Gasteiger partial charge in [0.1, 0.15) is 0 Å². The third-order valence-electron chi connectivity index (χ3n) is 5.82. The molecule has 3 amide bonds. The van der Waals surface area contributed by atoms with E-state index in [1.165, 1.54) is 4.90 Å². The number of hydrogen-bond donors (Lipinski definition) is 2. The molecule has 2 heterocycles. The van der Waals surface area contributed by atoms with Crippen molar-refractivity contribution in [2.24, 2.45) is 16.6 Å². The predicted octanol–water partition coefficient (Wildman–Crippen LogP) is 2.10. The standard InChI is InChI=1S/C20H29N5O2/c1-14(15-8-5-4-6-9-15)22-19(27)25-11-7-10-16(13-25)20(2)12-17(26)24(3)18(21)23-20/h4-6,8-9,14,16H,7,10-13H2,1-3H3,(H2,21,23)(H,22,27)/t14?,16?,20-/m0/s1. The number of likely N-dealkylation sites (tertiary alicyclic amines) is 1. The number of carbonyl (C=O) groups is 2. The van der Waals surface area contributed by atoms with E-state index in [0.29, 0.717) is 19.5 Å². The number of nitrogens with one attached hydrogen (secondary N) is 1. The van der Waals surface area contributed by atoms with Gasteiger partial charge in [-0.05, 0) is 32.3 Å². The molecule has 1 aromatic rings. The van der Waals surface area contributed by atoms with E-state index in [1.54, 1.807) is 7.05 Å². The van der Waals surface area contributed by atoms with E-state index in [4.69, 9.17) is 5.73 Å². The summed E-state index contributed by atoms with van der Waals surface area (Å²) in [7, 11) is 1.65. The highest BCUT2D eigenvalue weighted by molar-refractivity contribution is 5.98. The topological polar surface area (TPSA) is 91.0 Å². The Morgan fingerprint density at radius 1 is 1.37 bits per heavy atom. The summed E-state index contributed by atoms with van der Waals surface area (Å²) in [6.07, 6.45) is 2.15. The van der Waals surface area contributed by atoms with Crippen LogP contribution in [0.3, 0.4) is 0 Å². The lowest BCUT2D eigenvalue weighted by atomic mass is 9.77. The lowest BCUT2D eigenvalue weighted by Gasteiger charge is -2.43. The van der Waals surface area contributed by atoms with Gasteiger partial charge in [0.25, 0.3) is 0 Å². The van der Waals surface area contributed by atoms with Crippen molar-refractivity contribution in [2.75, 3.05) is 20.1 Å². The van der Waals surface area contributed by atoms with Crippen LogP contribution < -0.4 is 11.1 Å². The molecule has 0 spiro atoms. The Bertz CT molecular complexity index is 735. The third kappa shape index (κ3) is 4.07. The Morgan fingerprint density at radius 2 is 2.07 bits per heavy atom. The number of nitrogens with two attached hydrogens (primary N) is 1. The van der Waals surface area contributed by atoms with Crippen molar-refractivity contribution >= 4 is 17.9 Å². The van der Waals surface area contributed by atoms with Gasteiger partial charge in [-0.2, -0.15) is 0 Å². The zero-order chi connectivity index (χ0) is 19.6. The molecule has 0 aliphatic carbocycles. The van der Waals surface area contributed by atoms with E-state index in [-0.39, 0.29) is 29.9 Å². The Balaban J connectivity index is 1.67. The summed E-state index contributed by atoms with van der Waals surface area (Å²) in [4.78, 5) is 32.9. The lowest BCUT2D eigenvalue weighted by molar-refractivity contribution is -0.129. The van der Waals surface area contributed by atoms with Crippen LogP contribution in [0, 0.1) is 5.92 Å². The zero-order valence-corrected chi connectivity index (χ0v) is 16.3. The highest BCUT2D eigenvalue weighted by Gasteiger charge is 2.43. The van der Waals surface area contributed by atoms with Crippen LogP contribution in [-0.4, -0.2) is 53.4 Å². The Hall–Kier alpha value is -2.57. The van der Waals surface area contributed by atoms with Gasteiger partial charge in [0.05, 0.1) is 18.0 Å². The molecule has 3 rings (SSSR count). The van der Waals surface area contributed by atoms with Crippen LogP contribution in [0.4, 0.5) is 4.79 Å². The smallest absolute Gasteiger partial charge is 0.317 e. The molecule has 0 bridgehead atoms. The van der Waals surface area contributed by atoms with E-state index in [1.807, 2.05) is 49.1 Å². The normalized spacial score (nSPS) is 27.1. The molecule has 3 N–H and O–H groups in total. The number of carbonyl (C=O) groups excluding carboxylic acids is 2. The average molecular weight is 371 g/mol. The highest BCUT2D eigenvalue weighted by atomic mass is 16.2. The molecule has 7 heteroatoms.